The van der Waals surface area contributed by atoms with Crippen LogP contribution in [0.4, 0.5) is 5.13 Å². The van der Waals surface area contributed by atoms with Crippen LogP contribution in [0.5, 0.6) is 0 Å². The predicted molar refractivity (Wildman–Crippen MR) is 101 cm³/mol. The molecule has 1 fully saturated rings. The van der Waals surface area contributed by atoms with Gasteiger partial charge in [0.1, 0.15) is 4.88 Å². The largest absolute Gasteiger partial charge is 0.378 e. The van der Waals surface area contributed by atoms with Gasteiger partial charge in [-0.2, -0.15) is 0 Å². The summed E-state index contributed by atoms with van der Waals surface area (Å²) in [4.78, 5) is 31.5. The van der Waals surface area contributed by atoms with Gasteiger partial charge in [-0.05, 0) is 25.1 Å². The van der Waals surface area contributed by atoms with Crippen molar-refractivity contribution in [3.8, 4) is 0 Å². The molecule has 0 saturated carbocycles. The lowest BCUT2D eigenvalue weighted by Gasteiger charge is -2.25. The third-order valence-electron chi connectivity index (χ3n) is 3.74. The Morgan fingerprint density at radius 2 is 1.85 bits per heavy atom. The number of morpholine rings is 1. The minimum Gasteiger partial charge on any atom is -0.378 e. The van der Waals surface area contributed by atoms with Crippen molar-refractivity contribution in [2.75, 3.05) is 31.2 Å². The summed E-state index contributed by atoms with van der Waals surface area (Å²) in [6.07, 6.45) is 0. The molecule has 1 aromatic heterocycles. The number of nitrogens with one attached hydrogen (secondary N) is 2. The van der Waals surface area contributed by atoms with Crippen LogP contribution in [0.1, 0.15) is 25.7 Å². The molecule has 0 radical (unpaired) electrons. The number of hydrazine groups is 1. The van der Waals surface area contributed by atoms with Crippen LogP contribution >= 0.6 is 34.5 Å². The molecule has 0 unspecified atom stereocenters. The fraction of sp³-hybridized carbons (Fsp3) is 0.312. The van der Waals surface area contributed by atoms with Gasteiger partial charge in [0.15, 0.2) is 5.13 Å². The Morgan fingerprint density at radius 1 is 1.15 bits per heavy atom. The third-order valence-corrected chi connectivity index (χ3v) is 5.70. The van der Waals surface area contributed by atoms with E-state index in [4.69, 9.17) is 27.9 Å². The molecule has 2 aromatic rings. The number of carbonyl (C=O) groups excluding carboxylic acids is 2. The lowest BCUT2D eigenvalue weighted by atomic mass is 10.2. The number of benzene rings is 1. The second kappa shape index (κ2) is 8.22. The first-order valence-corrected chi connectivity index (χ1v) is 9.39. The van der Waals surface area contributed by atoms with Crippen LogP contribution in [-0.4, -0.2) is 43.1 Å². The summed E-state index contributed by atoms with van der Waals surface area (Å²) in [5.41, 5.74) is 5.66. The number of hydrogen-bond donors (Lipinski definition) is 2. The number of thiazole rings is 1. The Morgan fingerprint density at radius 3 is 2.54 bits per heavy atom. The summed E-state index contributed by atoms with van der Waals surface area (Å²) in [5.74, 6) is -0.916. The molecule has 1 saturated heterocycles. The van der Waals surface area contributed by atoms with E-state index in [1.54, 1.807) is 6.92 Å². The van der Waals surface area contributed by atoms with Gasteiger partial charge in [0.2, 0.25) is 0 Å². The number of carbonyl (C=O) groups is 2. The van der Waals surface area contributed by atoms with Crippen LogP contribution in [-0.2, 0) is 4.74 Å². The summed E-state index contributed by atoms with van der Waals surface area (Å²) >= 11 is 13.0. The molecule has 7 nitrogen and oxygen atoms in total. The molecule has 0 atom stereocenters. The van der Waals surface area contributed by atoms with Crippen molar-refractivity contribution in [3.63, 3.8) is 0 Å². The maximum Gasteiger partial charge on any atom is 0.281 e. The van der Waals surface area contributed by atoms with Crippen molar-refractivity contribution in [1.82, 2.24) is 15.8 Å². The zero-order valence-corrected chi connectivity index (χ0v) is 16.2. The standard InChI is InChI=1S/C16H16Cl2N4O3S/c1-9-13(26-16(19-9)22-4-6-25-7-5-22)15(24)21-20-14(23)10-2-3-11(17)12(18)8-10/h2-3,8H,4-7H2,1H3,(H,20,23)(H,21,24). The van der Waals surface area contributed by atoms with Gasteiger partial charge in [0.05, 0.1) is 29.0 Å². The Kier molecular flexibility index (Phi) is 5.98. The Bertz CT molecular complexity index is 837. The van der Waals surface area contributed by atoms with Gasteiger partial charge >= 0.3 is 0 Å². The quantitative estimate of drug-likeness (QED) is 0.754. The zero-order chi connectivity index (χ0) is 18.7. The van der Waals surface area contributed by atoms with Gasteiger partial charge in [0.25, 0.3) is 11.8 Å². The lowest BCUT2D eigenvalue weighted by Crippen LogP contribution is -2.41. The molecule has 0 spiro atoms. The van der Waals surface area contributed by atoms with E-state index in [1.165, 1.54) is 29.5 Å². The van der Waals surface area contributed by atoms with Crippen molar-refractivity contribution in [2.24, 2.45) is 0 Å². The number of ether oxygens (including phenoxy) is 1. The molecule has 138 valence electrons. The maximum atomic E-state index is 12.4. The number of nitrogens with zero attached hydrogens (tertiary/aromatic N) is 2. The van der Waals surface area contributed by atoms with Crippen molar-refractivity contribution in [2.45, 2.75) is 6.92 Å². The lowest BCUT2D eigenvalue weighted by molar-refractivity contribution is 0.0848. The maximum absolute atomic E-state index is 12.4. The van der Waals surface area contributed by atoms with Crippen molar-refractivity contribution < 1.29 is 14.3 Å². The Labute approximate surface area is 164 Å². The third kappa shape index (κ3) is 4.27. The highest BCUT2D eigenvalue weighted by Crippen LogP contribution is 2.26. The molecule has 2 N–H and O–H groups in total. The number of hydrogen-bond acceptors (Lipinski definition) is 6. The summed E-state index contributed by atoms with van der Waals surface area (Å²) < 4.78 is 5.32. The summed E-state index contributed by atoms with van der Waals surface area (Å²) in [6.45, 7) is 4.51. The van der Waals surface area contributed by atoms with E-state index >= 15 is 0 Å². The van der Waals surface area contributed by atoms with E-state index in [2.05, 4.69) is 20.7 Å². The Balaban J connectivity index is 1.63. The molecule has 0 bridgehead atoms. The van der Waals surface area contributed by atoms with Crippen molar-refractivity contribution in [1.29, 1.82) is 0 Å². The van der Waals surface area contributed by atoms with Gasteiger partial charge in [-0.15, -0.1) is 0 Å². The first kappa shape index (κ1) is 18.9. The molecule has 3 rings (SSSR count). The number of rotatable bonds is 3. The average molecular weight is 415 g/mol. The molecule has 0 aliphatic carbocycles. The Hall–Kier alpha value is -1.87. The highest BCUT2D eigenvalue weighted by Gasteiger charge is 2.21. The fourth-order valence-corrected chi connectivity index (χ4v) is 3.67. The number of aryl methyl sites for hydroxylation is 1. The molecule has 1 aromatic carbocycles. The second-order valence-corrected chi connectivity index (χ2v) is 7.34. The minimum atomic E-state index is -0.493. The molecule has 1 aliphatic rings. The van der Waals surface area contributed by atoms with Gasteiger partial charge in [-0.25, -0.2) is 4.98 Å². The fourth-order valence-electron chi connectivity index (χ4n) is 2.36. The minimum absolute atomic E-state index is 0.263. The van der Waals surface area contributed by atoms with Crippen LogP contribution in [0.25, 0.3) is 0 Å². The molecular weight excluding hydrogens is 399 g/mol. The normalized spacial score (nSPS) is 14.2. The molecule has 26 heavy (non-hydrogen) atoms. The molecular formula is C16H16Cl2N4O3S. The number of anilines is 1. The number of amides is 2. The SMILES string of the molecule is Cc1nc(N2CCOCC2)sc1C(=O)NNC(=O)c1ccc(Cl)c(Cl)c1. The van der Waals surface area contributed by atoms with Crippen molar-refractivity contribution >= 4 is 51.5 Å². The highest BCUT2D eigenvalue weighted by atomic mass is 35.5. The van der Waals surface area contributed by atoms with Gasteiger partial charge < -0.3 is 9.64 Å². The number of halogens is 2. The summed E-state index contributed by atoms with van der Waals surface area (Å²) in [6, 6.07) is 4.46. The number of aromatic nitrogens is 1. The van der Waals surface area contributed by atoms with E-state index in [9.17, 15) is 9.59 Å². The van der Waals surface area contributed by atoms with Gasteiger partial charge in [-0.1, -0.05) is 34.5 Å². The van der Waals surface area contributed by atoms with Crippen LogP contribution in [0.2, 0.25) is 10.0 Å². The smallest absolute Gasteiger partial charge is 0.281 e. The average Bonchev–Trinajstić information content (AvgIpc) is 3.04. The molecule has 10 heteroatoms. The zero-order valence-electron chi connectivity index (χ0n) is 13.8. The van der Waals surface area contributed by atoms with E-state index in [0.717, 1.165) is 18.2 Å². The second-order valence-electron chi connectivity index (χ2n) is 5.55. The highest BCUT2D eigenvalue weighted by molar-refractivity contribution is 7.17. The first-order valence-electron chi connectivity index (χ1n) is 7.81. The molecule has 1 aliphatic heterocycles. The van der Waals surface area contributed by atoms with E-state index in [0.29, 0.717) is 28.8 Å². The van der Waals surface area contributed by atoms with E-state index in [-0.39, 0.29) is 10.6 Å². The van der Waals surface area contributed by atoms with Gasteiger partial charge in [-0.3, -0.25) is 20.4 Å². The summed E-state index contributed by atoms with van der Waals surface area (Å²) in [7, 11) is 0. The van der Waals surface area contributed by atoms with E-state index < -0.39 is 11.8 Å². The first-order chi connectivity index (χ1) is 12.5. The topological polar surface area (TPSA) is 83.6 Å². The van der Waals surface area contributed by atoms with Crippen LogP contribution in [0.3, 0.4) is 0 Å². The van der Waals surface area contributed by atoms with Crippen LogP contribution < -0.4 is 15.8 Å². The predicted octanol–water partition coefficient (Wildman–Crippen LogP) is 2.67. The molecule has 2 amide bonds. The van der Waals surface area contributed by atoms with Crippen LogP contribution in [0, 0.1) is 6.92 Å². The van der Waals surface area contributed by atoms with Crippen LogP contribution in [0.15, 0.2) is 18.2 Å². The van der Waals surface area contributed by atoms with Crippen molar-refractivity contribution in [3.05, 3.63) is 44.4 Å². The monoisotopic (exact) mass is 414 g/mol. The van der Waals surface area contributed by atoms with E-state index in [1.807, 2.05) is 0 Å². The van der Waals surface area contributed by atoms with Gasteiger partial charge in [0, 0.05) is 18.7 Å². The molecule has 2 heterocycles. The summed E-state index contributed by atoms with van der Waals surface area (Å²) in [5, 5.41) is 1.38.